The van der Waals surface area contributed by atoms with Crippen LogP contribution in [-0.4, -0.2) is 18.2 Å². The lowest BCUT2D eigenvalue weighted by Crippen LogP contribution is -2.25. The Morgan fingerprint density at radius 3 is 2.24 bits per heavy atom. The van der Waals surface area contributed by atoms with E-state index in [1.54, 1.807) is 12.1 Å². The minimum absolute atomic E-state index is 0.0276. The molecule has 0 radical (unpaired) electrons. The summed E-state index contributed by atoms with van der Waals surface area (Å²) in [4.78, 5) is 4.07. The van der Waals surface area contributed by atoms with Gasteiger partial charge in [-0.2, -0.15) is 0 Å². The molecule has 0 saturated carbocycles. The number of guanidine groups is 1. The number of nitrogens with two attached hydrogens (primary N) is 2. The second-order valence-corrected chi connectivity index (χ2v) is 5.09. The quantitative estimate of drug-likeness (QED) is 0.585. The van der Waals surface area contributed by atoms with Crippen LogP contribution in [0.3, 0.4) is 0 Å². The van der Waals surface area contributed by atoms with Gasteiger partial charge in [0.2, 0.25) is 0 Å². The van der Waals surface area contributed by atoms with Crippen molar-refractivity contribution in [1.29, 1.82) is 5.41 Å². The molecule has 1 atom stereocenters. The van der Waals surface area contributed by atoms with Gasteiger partial charge in [0.05, 0.1) is 6.54 Å². The summed E-state index contributed by atoms with van der Waals surface area (Å²) in [5, 5.41) is 9.09. The van der Waals surface area contributed by atoms with Crippen molar-refractivity contribution < 1.29 is 0 Å². The first kappa shape index (κ1) is 15.1. The Labute approximate surface area is 129 Å². The maximum atomic E-state index is 8.45. The van der Waals surface area contributed by atoms with Crippen LogP contribution in [0.25, 0.3) is 0 Å². The van der Waals surface area contributed by atoms with Crippen LogP contribution in [0.5, 0.6) is 0 Å². The highest BCUT2D eigenvalue weighted by atomic mass is 35.5. The number of hydrogen-bond donors (Lipinski definition) is 3. The van der Waals surface area contributed by atoms with Crippen molar-refractivity contribution in [3.63, 3.8) is 0 Å². The summed E-state index contributed by atoms with van der Waals surface area (Å²) in [6.45, 7) is 0.341. The summed E-state index contributed by atoms with van der Waals surface area (Å²) >= 11 is 5.89. The van der Waals surface area contributed by atoms with Crippen LogP contribution in [-0.2, 0) is 0 Å². The van der Waals surface area contributed by atoms with Crippen molar-refractivity contribution in [3.05, 3.63) is 70.7 Å². The third-order valence-electron chi connectivity index (χ3n) is 3.16. The second kappa shape index (κ2) is 6.90. The van der Waals surface area contributed by atoms with E-state index in [2.05, 4.69) is 4.99 Å². The number of rotatable bonds is 5. The van der Waals surface area contributed by atoms with Crippen molar-refractivity contribution in [2.24, 2.45) is 16.5 Å². The van der Waals surface area contributed by atoms with Gasteiger partial charge in [0.1, 0.15) is 0 Å². The molecule has 0 saturated heterocycles. The highest BCUT2D eigenvalue weighted by Gasteiger charge is 2.18. The lowest BCUT2D eigenvalue weighted by Gasteiger charge is -2.17. The first-order chi connectivity index (χ1) is 10.1. The van der Waals surface area contributed by atoms with Gasteiger partial charge in [-0.1, -0.05) is 54.1 Å². The molecule has 5 N–H and O–H groups in total. The van der Waals surface area contributed by atoms with Gasteiger partial charge >= 0.3 is 0 Å². The van der Waals surface area contributed by atoms with Gasteiger partial charge < -0.3 is 16.9 Å². The Balaban J connectivity index is 2.32. The van der Waals surface area contributed by atoms with Gasteiger partial charge in [0.15, 0.2) is 5.96 Å². The highest BCUT2D eigenvalue weighted by Crippen LogP contribution is 2.22. The molecular formula is C16H17ClN4. The van der Waals surface area contributed by atoms with Gasteiger partial charge in [0, 0.05) is 16.7 Å². The maximum Gasteiger partial charge on any atom is 0.185 e. The molecule has 5 heteroatoms. The van der Waals surface area contributed by atoms with E-state index in [-0.39, 0.29) is 11.9 Å². The molecule has 0 spiro atoms. The average molecular weight is 301 g/mol. The number of halogens is 1. The molecule has 0 amide bonds. The lowest BCUT2D eigenvalue weighted by atomic mass is 9.90. The number of benzene rings is 2. The summed E-state index contributed by atoms with van der Waals surface area (Å²) in [6, 6.07) is 17.0. The summed E-state index contributed by atoms with van der Waals surface area (Å²) in [6.07, 6.45) is 0. The molecule has 2 aromatic rings. The van der Waals surface area contributed by atoms with Crippen LogP contribution in [0.4, 0.5) is 0 Å². The van der Waals surface area contributed by atoms with Gasteiger partial charge in [-0.15, -0.1) is 0 Å². The molecule has 21 heavy (non-hydrogen) atoms. The molecule has 2 aromatic carbocycles. The first-order valence-electron chi connectivity index (χ1n) is 6.52. The van der Waals surface area contributed by atoms with E-state index in [1.165, 1.54) is 0 Å². The number of nitrogens with zero attached hydrogens (tertiary/aromatic N) is 1. The predicted molar refractivity (Wildman–Crippen MR) is 88.1 cm³/mol. The zero-order valence-electron chi connectivity index (χ0n) is 11.5. The molecular weight excluding hydrogens is 284 g/mol. The fraction of sp³-hybridized carbons (Fsp3) is 0.125. The lowest BCUT2D eigenvalue weighted by molar-refractivity contribution is 0.880. The summed E-state index contributed by atoms with van der Waals surface area (Å²) in [5.41, 5.74) is 13.1. The second-order valence-electron chi connectivity index (χ2n) is 4.65. The molecule has 0 aliphatic heterocycles. The van der Waals surface area contributed by atoms with Gasteiger partial charge in [-0.3, -0.25) is 4.99 Å². The molecule has 1 unspecified atom stereocenters. The van der Waals surface area contributed by atoms with Crippen LogP contribution in [0.1, 0.15) is 17.0 Å². The van der Waals surface area contributed by atoms with Gasteiger partial charge in [0.25, 0.3) is 0 Å². The zero-order valence-corrected chi connectivity index (χ0v) is 12.2. The highest BCUT2D eigenvalue weighted by molar-refractivity contribution is 6.30. The van der Waals surface area contributed by atoms with Crippen LogP contribution in [0.15, 0.2) is 59.6 Å². The van der Waals surface area contributed by atoms with Crippen LogP contribution >= 0.6 is 11.6 Å². The Hall–Kier alpha value is -2.33. The van der Waals surface area contributed by atoms with E-state index in [0.717, 1.165) is 11.1 Å². The molecule has 0 bridgehead atoms. The van der Waals surface area contributed by atoms with E-state index in [1.807, 2.05) is 42.5 Å². The minimum Gasteiger partial charge on any atom is -0.370 e. The SMILES string of the molecule is N=C(c1ccc(Cl)cc1)C(CN=C(N)N)c1ccccc1. The third-order valence-corrected chi connectivity index (χ3v) is 3.41. The smallest absolute Gasteiger partial charge is 0.185 e. The predicted octanol–water partition coefficient (Wildman–Crippen LogP) is 2.77. The van der Waals surface area contributed by atoms with Crippen molar-refractivity contribution in [1.82, 2.24) is 0 Å². The normalized spacial score (nSPS) is 11.7. The molecule has 0 aliphatic rings. The van der Waals surface area contributed by atoms with Crippen LogP contribution in [0, 0.1) is 5.41 Å². The molecule has 108 valence electrons. The fourth-order valence-electron chi connectivity index (χ4n) is 2.08. The van der Waals surface area contributed by atoms with Gasteiger partial charge in [-0.25, -0.2) is 0 Å². The van der Waals surface area contributed by atoms with E-state index in [0.29, 0.717) is 17.3 Å². The Bertz CT molecular complexity index is 631. The fourth-order valence-corrected chi connectivity index (χ4v) is 2.20. The number of aliphatic imine (C=N–C) groups is 1. The Morgan fingerprint density at radius 1 is 1.05 bits per heavy atom. The van der Waals surface area contributed by atoms with Gasteiger partial charge in [-0.05, 0) is 23.3 Å². The number of nitrogens with one attached hydrogen (secondary N) is 1. The van der Waals surface area contributed by atoms with Crippen molar-refractivity contribution in [2.75, 3.05) is 6.54 Å². The van der Waals surface area contributed by atoms with E-state index in [4.69, 9.17) is 28.5 Å². The summed E-state index contributed by atoms with van der Waals surface area (Å²) < 4.78 is 0. The van der Waals surface area contributed by atoms with Crippen LogP contribution < -0.4 is 11.5 Å². The van der Waals surface area contributed by atoms with Crippen molar-refractivity contribution in [3.8, 4) is 0 Å². The largest absolute Gasteiger partial charge is 0.370 e. The Morgan fingerprint density at radius 2 is 1.67 bits per heavy atom. The van der Waals surface area contributed by atoms with E-state index < -0.39 is 0 Å². The average Bonchev–Trinajstić information content (AvgIpc) is 2.49. The Kier molecular flexibility index (Phi) is 4.95. The third kappa shape index (κ3) is 4.07. The first-order valence-corrected chi connectivity index (χ1v) is 6.90. The molecule has 0 fully saturated rings. The van der Waals surface area contributed by atoms with E-state index in [9.17, 15) is 0 Å². The maximum absolute atomic E-state index is 8.45. The van der Waals surface area contributed by atoms with Crippen LogP contribution in [0.2, 0.25) is 5.02 Å². The molecule has 0 heterocycles. The number of hydrogen-bond acceptors (Lipinski definition) is 2. The molecule has 0 aromatic heterocycles. The van der Waals surface area contributed by atoms with Crippen molar-refractivity contribution >= 4 is 23.3 Å². The standard InChI is InChI=1S/C16H17ClN4/c17-13-8-6-12(7-9-13)15(18)14(10-21-16(19)20)11-4-2-1-3-5-11/h1-9,14,18H,10H2,(H4,19,20,21). The summed E-state index contributed by atoms with van der Waals surface area (Å²) in [5.74, 6) is -0.172. The van der Waals surface area contributed by atoms with Crippen molar-refractivity contribution in [2.45, 2.75) is 5.92 Å². The molecule has 4 nitrogen and oxygen atoms in total. The monoisotopic (exact) mass is 300 g/mol. The minimum atomic E-state index is -0.200. The topological polar surface area (TPSA) is 88.2 Å². The molecule has 2 rings (SSSR count). The molecule has 0 aliphatic carbocycles. The summed E-state index contributed by atoms with van der Waals surface area (Å²) in [7, 11) is 0. The zero-order chi connectivity index (χ0) is 15.2. The van der Waals surface area contributed by atoms with E-state index >= 15 is 0 Å².